The first kappa shape index (κ1) is 20.7. The second kappa shape index (κ2) is 8.97. The molecule has 1 aromatic carbocycles. The van der Waals surface area contributed by atoms with Gasteiger partial charge in [0.05, 0.1) is 13.0 Å². The number of alkyl halides is 3. The van der Waals surface area contributed by atoms with Crippen LogP contribution >= 0.6 is 0 Å². The molecule has 1 fully saturated rings. The molecule has 1 saturated heterocycles. The van der Waals surface area contributed by atoms with Crippen LogP contribution in [0.1, 0.15) is 12.8 Å². The molecule has 10 heteroatoms. The molecule has 0 spiro atoms. The third-order valence-corrected chi connectivity index (χ3v) is 4.54. The van der Waals surface area contributed by atoms with Crippen LogP contribution in [0.15, 0.2) is 36.5 Å². The molecule has 2 aromatic rings. The van der Waals surface area contributed by atoms with Gasteiger partial charge in [-0.1, -0.05) is 0 Å². The minimum atomic E-state index is -4.42. The smallest absolute Gasteiger partial charge is 0.405 e. The molecule has 0 radical (unpaired) electrons. The number of halogens is 3. The van der Waals surface area contributed by atoms with Gasteiger partial charge in [0, 0.05) is 25.0 Å². The molecule has 7 nitrogen and oxygen atoms in total. The Morgan fingerprint density at radius 2 is 2.03 bits per heavy atom. The summed E-state index contributed by atoms with van der Waals surface area (Å²) >= 11 is 0. The number of methoxy groups -OCH3 is 1. The predicted molar refractivity (Wildman–Crippen MR) is 102 cm³/mol. The molecule has 1 atom stereocenters. The first-order valence-corrected chi connectivity index (χ1v) is 9.17. The van der Waals surface area contributed by atoms with E-state index >= 15 is 0 Å². The maximum atomic E-state index is 12.3. The molecule has 1 amide bonds. The van der Waals surface area contributed by atoms with Crippen molar-refractivity contribution in [3.63, 3.8) is 0 Å². The van der Waals surface area contributed by atoms with Gasteiger partial charge >= 0.3 is 6.18 Å². The average Bonchev–Trinajstić information content (AvgIpc) is 2.72. The van der Waals surface area contributed by atoms with E-state index in [-0.39, 0.29) is 6.54 Å². The van der Waals surface area contributed by atoms with E-state index in [1.807, 2.05) is 34.5 Å². The van der Waals surface area contributed by atoms with Crippen molar-refractivity contribution in [1.82, 2.24) is 15.3 Å². The van der Waals surface area contributed by atoms with Crippen molar-refractivity contribution in [2.75, 3.05) is 37.0 Å². The monoisotopic (exact) mass is 409 g/mol. The summed E-state index contributed by atoms with van der Waals surface area (Å²) < 4.78 is 42.1. The molecule has 156 valence electrons. The van der Waals surface area contributed by atoms with E-state index in [2.05, 4.69) is 15.3 Å². The first-order chi connectivity index (χ1) is 13.8. The third kappa shape index (κ3) is 5.97. The van der Waals surface area contributed by atoms with Crippen LogP contribution in [0, 0.1) is 5.92 Å². The Morgan fingerprint density at radius 3 is 2.72 bits per heavy atom. The summed E-state index contributed by atoms with van der Waals surface area (Å²) in [6.07, 6.45) is -1.62. The van der Waals surface area contributed by atoms with E-state index in [1.165, 1.54) is 0 Å². The number of carbonyl (C=O) groups is 1. The number of ether oxygens (including phenoxy) is 1. The summed E-state index contributed by atoms with van der Waals surface area (Å²) in [4.78, 5) is 22.6. The van der Waals surface area contributed by atoms with E-state index in [0.29, 0.717) is 31.2 Å². The van der Waals surface area contributed by atoms with Gasteiger partial charge in [-0.25, -0.2) is 4.98 Å². The van der Waals surface area contributed by atoms with Gasteiger partial charge in [0.25, 0.3) is 0 Å². The summed E-state index contributed by atoms with van der Waals surface area (Å²) in [5.41, 5.74) is 0.818. The number of nitrogens with zero attached hydrogens (tertiary/aromatic N) is 3. The molecular weight excluding hydrogens is 387 g/mol. The summed E-state index contributed by atoms with van der Waals surface area (Å²) in [6, 6.07) is 9.05. The van der Waals surface area contributed by atoms with Crippen molar-refractivity contribution in [2.24, 2.45) is 5.92 Å². The highest BCUT2D eigenvalue weighted by Crippen LogP contribution is 2.23. The second-order valence-corrected chi connectivity index (χ2v) is 6.71. The van der Waals surface area contributed by atoms with Gasteiger partial charge < -0.3 is 20.3 Å². The molecule has 29 heavy (non-hydrogen) atoms. The molecule has 1 aliphatic rings. The zero-order valence-electron chi connectivity index (χ0n) is 15.9. The van der Waals surface area contributed by atoms with Gasteiger partial charge in [-0.2, -0.15) is 18.2 Å². The number of aromatic nitrogens is 2. The molecule has 1 aromatic heterocycles. The highest BCUT2D eigenvalue weighted by Gasteiger charge is 2.32. The van der Waals surface area contributed by atoms with E-state index < -0.39 is 24.5 Å². The number of hydrogen-bond acceptors (Lipinski definition) is 6. The molecular formula is C19H22F3N5O2. The topological polar surface area (TPSA) is 79.4 Å². The number of piperidine rings is 1. The lowest BCUT2D eigenvalue weighted by Gasteiger charge is -2.32. The summed E-state index contributed by atoms with van der Waals surface area (Å²) in [5.74, 6) is 0.607. The standard InChI is InChI=1S/C19H22F3N5O2/c1-29-15-6-4-14(5-7-15)25-16-8-9-23-18(26-16)27-10-2-3-13(11-27)17(28)24-12-19(20,21)22/h4-9,13H,2-3,10-12H2,1H3,(H,24,28)(H,23,25,26). The molecule has 0 aliphatic carbocycles. The number of hydrogen-bond donors (Lipinski definition) is 2. The van der Waals surface area contributed by atoms with E-state index in [1.54, 1.807) is 19.4 Å². The lowest BCUT2D eigenvalue weighted by molar-refractivity contribution is -0.140. The van der Waals surface area contributed by atoms with Crippen LogP contribution in [0.25, 0.3) is 0 Å². The molecule has 0 saturated carbocycles. The molecule has 3 rings (SSSR count). The van der Waals surface area contributed by atoms with Gasteiger partial charge in [0.2, 0.25) is 11.9 Å². The van der Waals surface area contributed by atoms with Crippen molar-refractivity contribution in [3.8, 4) is 5.75 Å². The lowest BCUT2D eigenvalue weighted by atomic mass is 9.97. The SMILES string of the molecule is COc1ccc(Nc2ccnc(N3CCCC(C(=O)NCC(F)(F)F)C3)n2)cc1. The van der Waals surface area contributed by atoms with Crippen LogP contribution in [0.3, 0.4) is 0 Å². The Balaban J connectivity index is 1.63. The average molecular weight is 409 g/mol. The van der Waals surface area contributed by atoms with Crippen molar-refractivity contribution in [2.45, 2.75) is 19.0 Å². The Morgan fingerprint density at radius 1 is 1.28 bits per heavy atom. The van der Waals surface area contributed by atoms with Crippen LogP contribution in [0.4, 0.5) is 30.6 Å². The fraction of sp³-hybridized carbons (Fsp3) is 0.421. The zero-order valence-corrected chi connectivity index (χ0v) is 15.9. The van der Waals surface area contributed by atoms with E-state index in [4.69, 9.17) is 4.74 Å². The number of anilines is 3. The Kier molecular flexibility index (Phi) is 6.40. The summed E-state index contributed by atoms with van der Waals surface area (Å²) in [5, 5.41) is 5.13. The molecule has 1 unspecified atom stereocenters. The van der Waals surface area contributed by atoms with Crippen molar-refractivity contribution >= 4 is 23.4 Å². The van der Waals surface area contributed by atoms with Gasteiger partial charge in [-0.05, 0) is 43.2 Å². The van der Waals surface area contributed by atoms with Crippen molar-refractivity contribution in [3.05, 3.63) is 36.5 Å². The number of rotatable bonds is 6. The maximum absolute atomic E-state index is 12.3. The lowest BCUT2D eigenvalue weighted by Crippen LogP contribution is -2.45. The highest BCUT2D eigenvalue weighted by molar-refractivity contribution is 5.79. The Bertz CT molecular complexity index is 829. The fourth-order valence-electron chi connectivity index (χ4n) is 3.10. The largest absolute Gasteiger partial charge is 0.497 e. The maximum Gasteiger partial charge on any atom is 0.405 e. The molecule has 2 N–H and O–H groups in total. The minimum absolute atomic E-state index is 0.273. The predicted octanol–water partition coefficient (Wildman–Crippen LogP) is 3.12. The zero-order chi connectivity index (χ0) is 20.9. The minimum Gasteiger partial charge on any atom is -0.497 e. The fourth-order valence-corrected chi connectivity index (χ4v) is 3.10. The van der Waals surface area contributed by atoms with Crippen LogP contribution in [-0.4, -0.2) is 48.8 Å². The second-order valence-electron chi connectivity index (χ2n) is 6.71. The number of amides is 1. The molecule has 2 heterocycles. The van der Waals surface area contributed by atoms with E-state index in [9.17, 15) is 18.0 Å². The summed E-state index contributed by atoms with van der Waals surface area (Å²) in [6.45, 7) is -0.412. The van der Waals surface area contributed by atoms with E-state index in [0.717, 1.165) is 11.4 Å². The van der Waals surface area contributed by atoms with Gasteiger partial charge in [-0.3, -0.25) is 4.79 Å². The molecule has 0 bridgehead atoms. The number of benzene rings is 1. The Labute approximate surface area is 166 Å². The van der Waals surface area contributed by atoms with Crippen molar-refractivity contribution < 1.29 is 22.7 Å². The van der Waals surface area contributed by atoms with Gasteiger partial charge in [-0.15, -0.1) is 0 Å². The number of nitrogens with one attached hydrogen (secondary N) is 2. The summed E-state index contributed by atoms with van der Waals surface area (Å²) in [7, 11) is 1.59. The number of carbonyl (C=O) groups excluding carboxylic acids is 1. The first-order valence-electron chi connectivity index (χ1n) is 9.17. The highest BCUT2D eigenvalue weighted by atomic mass is 19.4. The van der Waals surface area contributed by atoms with Crippen LogP contribution < -0.4 is 20.3 Å². The van der Waals surface area contributed by atoms with Crippen LogP contribution in [-0.2, 0) is 4.79 Å². The quantitative estimate of drug-likeness (QED) is 0.763. The van der Waals surface area contributed by atoms with Gasteiger partial charge in [0.15, 0.2) is 0 Å². The normalized spacial score (nSPS) is 17.0. The van der Waals surface area contributed by atoms with Crippen LogP contribution in [0.2, 0.25) is 0 Å². The van der Waals surface area contributed by atoms with Crippen molar-refractivity contribution in [1.29, 1.82) is 0 Å². The third-order valence-electron chi connectivity index (χ3n) is 4.54. The molecule has 1 aliphatic heterocycles. The van der Waals surface area contributed by atoms with Crippen LogP contribution in [0.5, 0.6) is 5.75 Å². The Hall–Kier alpha value is -3.04. The van der Waals surface area contributed by atoms with Gasteiger partial charge in [0.1, 0.15) is 18.1 Å².